The number of ether oxygens (including phenoxy) is 2. The van der Waals surface area contributed by atoms with Crippen LogP contribution < -0.4 is 10.1 Å². The summed E-state index contributed by atoms with van der Waals surface area (Å²) in [6.07, 6.45) is 0. The van der Waals surface area contributed by atoms with E-state index >= 15 is 0 Å². The van der Waals surface area contributed by atoms with Crippen molar-refractivity contribution in [3.8, 4) is 5.75 Å². The summed E-state index contributed by atoms with van der Waals surface area (Å²) in [7, 11) is 1.63. The van der Waals surface area contributed by atoms with Crippen LogP contribution in [0.4, 0.5) is 5.13 Å². The van der Waals surface area contributed by atoms with Crippen LogP contribution in [0.3, 0.4) is 0 Å². The van der Waals surface area contributed by atoms with Crippen molar-refractivity contribution in [2.24, 2.45) is 0 Å². The van der Waals surface area contributed by atoms with Crippen LogP contribution in [0.15, 0.2) is 24.3 Å². The number of methoxy groups -OCH3 is 1. The third-order valence-electron chi connectivity index (χ3n) is 2.69. The van der Waals surface area contributed by atoms with E-state index in [0.29, 0.717) is 19.0 Å². The predicted molar refractivity (Wildman–Crippen MR) is 80.4 cm³/mol. The van der Waals surface area contributed by atoms with Crippen molar-refractivity contribution in [1.82, 2.24) is 9.36 Å². The summed E-state index contributed by atoms with van der Waals surface area (Å²) in [5.74, 6) is 1.62. The molecule has 0 aliphatic heterocycles. The van der Waals surface area contributed by atoms with Crippen LogP contribution in [0.1, 0.15) is 18.3 Å². The van der Waals surface area contributed by atoms with E-state index in [1.54, 1.807) is 7.11 Å². The number of benzene rings is 1. The van der Waals surface area contributed by atoms with Gasteiger partial charge < -0.3 is 14.8 Å². The van der Waals surface area contributed by atoms with Gasteiger partial charge in [-0.1, -0.05) is 18.2 Å². The first-order chi connectivity index (χ1) is 9.69. The number of hydrogen-bond donors (Lipinski definition) is 1. The zero-order chi connectivity index (χ0) is 14.4. The number of aromatic nitrogens is 2. The number of aryl methyl sites for hydroxylation is 1. The van der Waals surface area contributed by atoms with E-state index in [9.17, 15) is 0 Å². The van der Waals surface area contributed by atoms with Gasteiger partial charge in [-0.3, -0.25) is 0 Å². The summed E-state index contributed by atoms with van der Waals surface area (Å²) < 4.78 is 15.0. The highest BCUT2D eigenvalue weighted by Crippen LogP contribution is 2.17. The van der Waals surface area contributed by atoms with Crippen molar-refractivity contribution < 1.29 is 9.47 Å². The van der Waals surface area contributed by atoms with Crippen molar-refractivity contribution >= 4 is 16.7 Å². The van der Waals surface area contributed by atoms with Crippen LogP contribution in [-0.2, 0) is 11.3 Å². The van der Waals surface area contributed by atoms with Crippen LogP contribution in [0.25, 0.3) is 0 Å². The van der Waals surface area contributed by atoms with Gasteiger partial charge in [0.1, 0.15) is 19.0 Å². The Balaban J connectivity index is 1.83. The highest BCUT2D eigenvalue weighted by Gasteiger charge is 2.08. The molecule has 0 aliphatic rings. The maximum Gasteiger partial charge on any atom is 0.202 e. The van der Waals surface area contributed by atoms with E-state index in [0.717, 1.165) is 16.4 Å². The zero-order valence-electron chi connectivity index (χ0n) is 11.9. The van der Waals surface area contributed by atoms with E-state index in [1.165, 1.54) is 11.5 Å². The molecule has 5 nitrogen and oxygen atoms in total. The van der Waals surface area contributed by atoms with Gasteiger partial charge in [-0.25, -0.2) is 4.98 Å². The Bertz CT molecular complexity index is 545. The Kier molecular flexibility index (Phi) is 5.31. The second-order valence-electron chi connectivity index (χ2n) is 4.57. The Morgan fingerprint density at radius 1 is 1.35 bits per heavy atom. The molecule has 0 saturated heterocycles. The van der Waals surface area contributed by atoms with Crippen molar-refractivity contribution in [1.29, 1.82) is 0 Å². The Morgan fingerprint density at radius 2 is 2.15 bits per heavy atom. The molecule has 0 saturated carbocycles. The summed E-state index contributed by atoms with van der Waals surface area (Å²) in [5.41, 5.74) is 1.14. The number of hydrogen-bond acceptors (Lipinski definition) is 6. The summed E-state index contributed by atoms with van der Waals surface area (Å²) >= 11 is 1.33. The van der Waals surface area contributed by atoms with E-state index in [4.69, 9.17) is 9.47 Å². The lowest BCUT2D eigenvalue weighted by molar-refractivity contribution is 0.179. The van der Waals surface area contributed by atoms with E-state index in [1.807, 2.05) is 31.2 Å². The molecule has 108 valence electrons. The van der Waals surface area contributed by atoms with Crippen molar-refractivity contribution in [2.75, 3.05) is 19.0 Å². The minimum Gasteiger partial charge on any atom is -0.491 e. The second-order valence-corrected chi connectivity index (χ2v) is 5.32. The first kappa shape index (κ1) is 14.7. The molecule has 1 aromatic carbocycles. The second kappa shape index (κ2) is 7.21. The molecule has 0 radical (unpaired) electrons. The normalized spacial score (nSPS) is 12.2. The third-order valence-corrected chi connectivity index (χ3v) is 3.38. The fourth-order valence-electron chi connectivity index (χ4n) is 1.69. The number of anilines is 1. The average molecular weight is 293 g/mol. The molecular weight excluding hydrogens is 274 g/mol. The minimum atomic E-state index is 0.151. The lowest BCUT2D eigenvalue weighted by Crippen LogP contribution is -2.23. The van der Waals surface area contributed by atoms with Gasteiger partial charge in [0.2, 0.25) is 5.13 Å². The smallest absolute Gasteiger partial charge is 0.202 e. The van der Waals surface area contributed by atoms with Crippen molar-refractivity contribution in [2.45, 2.75) is 26.5 Å². The molecule has 0 fully saturated rings. The Morgan fingerprint density at radius 3 is 2.90 bits per heavy atom. The lowest BCUT2D eigenvalue weighted by atomic mass is 10.2. The van der Waals surface area contributed by atoms with Gasteiger partial charge in [-0.05, 0) is 25.5 Å². The Labute approximate surface area is 123 Å². The molecule has 2 aromatic rings. The molecule has 1 aromatic heterocycles. The van der Waals surface area contributed by atoms with Crippen LogP contribution in [0.2, 0.25) is 0 Å². The van der Waals surface area contributed by atoms with Crippen LogP contribution >= 0.6 is 11.5 Å². The van der Waals surface area contributed by atoms with Gasteiger partial charge in [0.25, 0.3) is 0 Å². The molecule has 6 heteroatoms. The lowest BCUT2D eigenvalue weighted by Gasteiger charge is -2.15. The molecular formula is C14H19N3O2S. The number of rotatable bonds is 7. The van der Waals surface area contributed by atoms with Crippen LogP contribution in [0.5, 0.6) is 5.75 Å². The summed E-state index contributed by atoms with van der Waals surface area (Å²) in [6, 6.07) is 8.14. The summed E-state index contributed by atoms with van der Waals surface area (Å²) in [5, 5.41) is 4.06. The monoisotopic (exact) mass is 293 g/mol. The van der Waals surface area contributed by atoms with Gasteiger partial charge in [0.15, 0.2) is 5.82 Å². The summed E-state index contributed by atoms with van der Waals surface area (Å²) in [6.45, 7) is 5.10. The highest BCUT2D eigenvalue weighted by molar-refractivity contribution is 7.09. The van der Waals surface area contributed by atoms with E-state index in [-0.39, 0.29) is 6.04 Å². The van der Waals surface area contributed by atoms with Gasteiger partial charge in [-0.15, -0.1) is 0 Å². The maximum absolute atomic E-state index is 5.79. The molecule has 0 amide bonds. The predicted octanol–water partition coefficient (Wildman–Crippen LogP) is 2.87. The first-order valence-corrected chi connectivity index (χ1v) is 7.23. The van der Waals surface area contributed by atoms with Crippen molar-refractivity contribution in [3.63, 3.8) is 0 Å². The average Bonchev–Trinajstić information content (AvgIpc) is 2.85. The Hall–Kier alpha value is -1.66. The highest BCUT2D eigenvalue weighted by atomic mass is 32.1. The molecule has 1 N–H and O–H groups in total. The largest absolute Gasteiger partial charge is 0.491 e. The number of para-hydroxylation sites is 1. The number of nitrogens with zero attached hydrogens (tertiary/aromatic N) is 2. The molecule has 1 heterocycles. The first-order valence-electron chi connectivity index (χ1n) is 6.45. The third kappa shape index (κ3) is 4.18. The van der Waals surface area contributed by atoms with Gasteiger partial charge >= 0.3 is 0 Å². The van der Waals surface area contributed by atoms with Crippen LogP contribution in [-0.4, -0.2) is 29.1 Å². The minimum absolute atomic E-state index is 0.151. The molecule has 0 aliphatic carbocycles. The van der Waals surface area contributed by atoms with E-state index in [2.05, 4.69) is 21.6 Å². The number of nitrogens with one attached hydrogen (secondary N) is 1. The SMILES string of the molecule is COCc1nsc(NC(C)COc2ccccc2C)n1. The molecule has 0 bridgehead atoms. The van der Waals surface area contributed by atoms with Gasteiger partial charge in [0, 0.05) is 18.6 Å². The molecule has 1 atom stereocenters. The van der Waals surface area contributed by atoms with Crippen LogP contribution in [0, 0.1) is 6.92 Å². The fourth-order valence-corrected chi connectivity index (χ4v) is 2.37. The zero-order valence-corrected chi connectivity index (χ0v) is 12.7. The fraction of sp³-hybridized carbons (Fsp3) is 0.429. The summed E-state index contributed by atoms with van der Waals surface area (Å²) in [4.78, 5) is 4.33. The maximum atomic E-state index is 5.79. The van der Waals surface area contributed by atoms with Gasteiger partial charge in [0.05, 0.1) is 6.04 Å². The standard InChI is InChI=1S/C14H19N3O2S/c1-10-6-4-5-7-12(10)19-8-11(2)15-14-16-13(9-18-3)17-20-14/h4-7,11H,8-9H2,1-3H3,(H,15,16,17). The van der Waals surface area contributed by atoms with E-state index < -0.39 is 0 Å². The van der Waals surface area contributed by atoms with Gasteiger partial charge in [-0.2, -0.15) is 4.37 Å². The molecule has 2 rings (SSSR count). The molecule has 20 heavy (non-hydrogen) atoms. The molecule has 0 spiro atoms. The van der Waals surface area contributed by atoms with Crippen molar-refractivity contribution in [3.05, 3.63) is 35.7 Å². The topological polar surface area (TPSA) is 56.3 Å². The quantitative estimate of drug-likeness (QED) is 0.850. The molecule has 1 unspecified atom stereocenters.